The molecule has 0 saturated carbocycles. The Morgan fingerprint density at radius 3 is 2.60 bits per heavy atom. The quantitative estimate of drug-likeness (QED) is 0.915. The topological polar surface area (TPSA) is 35.2 Å². The Balaban J connectivity index is 2.31. The van der Waals surface area contributed by atoms with Crippen LogP contribution in [0.15, 0.2) is 36.4 Å². The number of benzene rings is 2. The van der Waals surface area contributed by atoms with Crippen LogP contribution in [0.2, 0.25) is 5.02 Å². The largest absolute Gasteiger partial charge is 0.496 e. The van der Waals surface area contributed by atoms with Crippen molar-refractivity contribution in [1.82, 2.24) is 0 Å². The molecule has 20 heavy (non-hydrogen) atoms. The minimum Gasteiger partial charge on any atom is -0.496 e. The maximum Gasteiger partial charge on any atom is 0.124 e. The van der Waals surface area contributed by atoms with Crippen LogP contribution in [0, 0.1) is 13.8 Å². The first-order valence-electron chi connectivity index (χ1n) is 6.66. The first kappa shape index (κ1) is 14.9. The van der Waals surface area contributed by atoms with Gasteiger partial charge in [0, 0.05) is 16.6 Å². The van der Waals surface area contributed by atoms with E-state index in [0.29, 0.717) is 0 Å². The van der Waals surface area contributed by atoms with Crippen molar-refractivity contribution in [2.75, 3.05) is 7.11 Å². The van der Waals surface area contributed by atoms with Gasteiger partial charge in [0.2, 0.25) is 0 Å². The third-order valence-electron chi connectivity index (χ3n) is 3.43. The van der Waals surface area contributed by atoms with Crippen molar-refractivity contribution >= 4 is 11.6 Å². The average Bonchev–Trinajstić information content (AvgIpc) is 2.37. The Hall–Kier alpha value is -1.51. The zero-order chi connectivity index (χ0) is 14.7. The molecule has 2 N–H and O–H groups in total. The molecule has 0 fully saturated rings. The minimum absolute atomic E-state index is 0.107. The van der Waals surface area contributed by atoms with Gasteiger partial charge in [0.25, 0.3) is 0 Å². The first-order valence-corrected chi connectivity index (χ1v) is 7.04. The number of halogens is 1. The van der Waals surface area contributed by atoms with Crippen molar-refractivity contribution in [2.24, 2.45) is 5.73 Å². The Morgan fingerprint density at radius 1 is 1.20 bits per heavy atom. The van der Waals surface area contributed by atoms with Crippen LogP contribution in [0.3, 0.4) is 0 Å². The van der Waals surface area contributed by atoms with E-state index in [2.05, 4.69) is 19.9 Å². The van der Waals surface area contributed by atoms with Crippen LogP contribution in [0.5, 0.6) is 5.75 Å². The maximum atomic E-state index is 6.38. The minimum atomic E-state index is -0.107. The van der Waals surface area contributed by atoms with Gasteiger partial charge in [0.15, 0.2) is 0 Å². The SMILES string of the molecule is COc1cc(C)cc(C)c1C(N)Cc1cccc(Cl)c1. The molecule has 0 amide bonds. The Bertz CT molecular complexity index is 610. The van der Waals surface area contributed by atoms with Crippen LogP contribution in [-0.4, -0.2) is 7.11 Å². The lowest BCUT2D eigenvalue weighted by Gasteiger charge is -2.19. The zero-order valence-corrected chi connectivity index (χ0v) is 12.9. The second kappa shape index (κ2) is 6.29. The Morgan fingerprint density at radius 2 is 1.95 bits per heavy atom. The standard InChI is InChI=1S/C17H20ClNO/c1-11-7-12(2)17(16(8-11)20-3)15(19)10-13-5-4-6-14(18)9-13/h4-9,15H,10,19H2,1-3H3. The van der Waals surface area contributed by atoms with Crippen molar-refractivity contribution in [3.63, 3.8) is 0 Å². The van der Waals surface area contributed by atoms with Gasteiger partial charge in [-0.05, 0) is 55.2 Å². The summed E-state index contributed by atoms with van der Waals surface area (Å²) in [7, 11) is 1.68. The van der Waals surface area contributed by atoms with Crippen LogP contribution >= 0.6 is 11.6 Å². The molecule has 0 aliphatic heterocycles. The summed E-state index contributed by atoms with van der Waals surface area (Å²) < 4.78 is 5.48. The Kier molecular flexibility index (Phi) is 4.69. The van der Waals surface area contributed by atoms with Crippen molar-refractivity contribution in [1.29, 1.82) is 0 Å². The fourth-order valence-corrected chi connectivity index (χ4v) is 2.82. The molecule has 1 unspecified atom stereocenters. The third kappa shape index (κ3) is 3.33. The second-order valence-corrected chi connectivity index (χ2v) is 5.57. The molecular weight excluding hydrogens is 270 g/mol. The number of hydrogen-bond acceptors (Lipinski definition) is 2. The van der Waals surface area contributed by atoms with Gasteiger partial charge < -0.3 is 10.5 Å². The fourth-order valence-electron chi connectivity index (χ4n) is 2.60. The van der Waals surface area contributed by atoms with E-state index < -0.39 is 0 Å². The van der Waals surface area contributed by atoms with Gasteiger partial charge in [-0.2, -0.15) is 0 Å². The molecule has 1 atom stereocenters. The van der Waals surface area contributed by atoms with E-state index in [1.165, 1.54) is 5.56 Å². The van der Waals surface area contributed by atoms with Crippen molar-refractivity contribution in [2.45, 2.75) is 26.3 Å². The summed E-state index contributed by atoms with van der Waals surface area (Å²) in [6, 6.07) is 11.9. The van der Waals surface area contributed by atoms with Gasteiger partial charge >= 0.3 is 0 Å². The molecule has 0 heterocycles. The number of aryl methyl sites for hydroxylation is 2. The van der Waals surface area contributed by atoms with E-state index in [1.807, 2.05) is 30.3 Å². The van der Waals surface area contributed by atoms with Crippen LogP contribution in [0.4, 0.5) is 0 Å². The number of methoxy groups -OCH3 is 1. The highest BCUT2D eigenvalue weighted by molar-refractivity contribution is 6.30. The van der Waals surface area contributed by atoms with Gasteiger partial charge in [0.05, 0.1) is 7.11 Å². The van der Waals surface area contributed by atoms with Gasteiger partial charge in [-0.1, -0.05) is 29.8 Å². The summed E-state index contributed by atoms with van der Waals surface area (Å²) in [6.45, 7) is 4.13. The molecule has 106 valence electrons. The van der Waals surface area contributed by atoms with E-state index in [1.54, 1.807) is 7.11 Å². The van der Waals surface area contributed by atoms with Crippen molar-refractivity contribution < 1.29 is 4.74 Å². The van der Waals surface area contributed by atoms with Gasteiger partial charge in [0.1, 0.15) is 5.75 Å². The van der Waals surface area contributed by atoms with Gasteiger partial charge in [-0.3, -0.25) is 0 Å². The average molecular weight is 290 g/mol. The predicted molar refractivity (Wildman–Crippen MR) is 84.6 cm³/mol. The van der Waals surface area contributed by atoms with Crippen LogP contribution in [0.25, 0.3) is 0 Å². The lowest BCUT2D eigenvalue weighted by Crippen LogP contribution is -2.16. The second-order valence-electron chi connectivity index (χ2n) is 5.14. The smallest absolute Gasteiger partial charge is 0.124 e. The van der Waals surface area contributed by atoms with Gasteiger partial charge in [-0.25, -0.2) is 0 Å². The van der Waals surface area contributed by atoms with E-state index in [0.717, 1.165) is 33.9 Å². The molecule has 0 spiro atoms. The molecule has 2 aromatic carbocycles. The highest BCUT2D eigenvalue weighted by atomic mass is 35.5. The Labute approximate surface area is 125 Å². The van der Waals surface area contributed by atoms with Crippen LogP contribution < -0.4 is 10.5 Å². The fraction of sp³-hybridized carbons (Fsp3) is 0.294. The molecule has 2 aromatic rings. The third-order valence-corrected chi connectivity index (χ3v) is 3.66. The van der Waals surface area contributed by atoms with Crippen LogP contribution in [0.1, 0.15) is 28.3 Å². The molecule has 3 heteroatoms. The van der Waals surface area contributed by atoms with Crippen molar-refractivity contribution in [3.05, 3.63) is 63.7 Å². The molecule has 0 aliphatic carbocycles. The van der Waals surface area contributed by atoms with Gasteiger partial charge in [-0.15, -0.1) is 0 Å². The summed E-state index contributed by atoms with van der Waals surface area (Å²) in [5, 5.41) is 0.738. The molecule has 0 saturated heterocycles. The molecular formula is C17H20ClNO. The first-order chi connectivity index (χ1) is 9.51. The van der Waals surface area contributed by atoms with Crippen LogP contribution in [-0.2, 0) is 6.42 Å². The molecule has 2 rings (SSSR count). The number of nitrogens with two attached hydrogens (primary N) is 1. The van der Waals surface area contributed by atoms with Crippen molar-refractivity contribution in [3.8, 4) is 5.75 Å². The summed E-state index contributed by atoms with van der Waals surface area (Å²) in [4.78, 5) is 0. The van der Waals surface area contributed by atoms with E-state index in [-0.39, 0.29) is 6.04 Å². The lowest BCUT2D eigenvalue weighted by molar-refractivity contribution is 0.404. The lowest BCUT2D eigenvalue weighted by atomic mass is 9.94. The summed E-state index contributed by atoms with van der Waals surface area (Å²) in [6.07, 6.45) is 0.737. The number of hydrogen-bond donors (Lipinski definition) is 1. The maximum absolute atomic E-state index is 6.38. The van der Waals surface area contributed by atoms with E-state index >= 15 is 0 Å². The molecule has 0 aliphatic rings. The molecule has 0 radical (unpaired) electrons. The number of ether oxygens (including phenoxy) is 1. The zero-order valence-electron chi connectivity index (χ0n) is 12.1. The highest BCUT2D eigenvalue weighted by Gasteiger charge is 2.16. The number of rotatable bonds is 4. The summed E-state index contributed by atoms with van der Waals surface area (Å²) >= 11 is 6.02. The predicted octanol–water partition coefficient (Wildman–Crippen LogP) is 4.21. The molecule has 2 nitrogen and oxygen atoms in total. The highest BCUT2D eigenvalue weighted by Crippen LogP contribution is 2.31. The summed E-state index contributed by atoms with van der Waals surface area (Å²) in [5.74, 6) is 0.858. The molecule has 0 bridgehead atoms. The summed E-state index contributed by atoms with van der Waals surface area (Å²) in [5.41, 5.74) is 10.9. The normalized spacial score (nSPS) is 12.2. The van der Waals surface area contributed by atoms with E-state index in [9.17, 15) is 0 Å². The molecule has 0 aromatic heterocycles. The monoisotopic (exact) mass is 289 g/mol. The van der Waals surface area contributed by atoms with E-state index in [4.69, 9.17) is 22.1 Å².